The minimum Gasteiger partial charge on any atom is -0.490 e. The molecule has 0 spiro atoms. The molecule has 1 aromatic heterocycles. The van der Waals surface area contributed by atoms with Gasteiger partial charge < -0.3 is 14.2 Å². The van der Waals surface area contributed by atoms with Gasteiger partial charge in [-0.3, -0.25) is 10.5 Å². The number of rotatable bonds is 7. The van der Waals surface area contributed by atoms with Crippen molar-refractivity contribution in [3.63, 3.8) is 0 Å². The van der Waals surface area contributed by atoms with Crippen LogP contribution in [0.2, 0.25) is 0 Å². The molecule has 9 heteroatoms. The molecule has 0 bridgehead atoms. The van der Waals surface area contributed by atoms with Gasteiger partial charge in [0.05, 0.1) is 5.56 Å². The van der Waals surface area contributed by atoms with E-state index in [0.29, 0.717) is 29.2 Å². The molecule has 3 N–H and O–H groups in total. The molecule has 4 aromatic rings. The maximum Gasteiger partial charge on any atom is 0.254 e. The predicted octanol–water partition coefficient (Wildman–Crippen LogP) is 3.11. The second kappa shape index (κ2) is 9.16. The Kier molecular flexibility index (Phi) is 5.75. The van der Waals surface area contributed by atoms with Crippen LogP contribution >= 0.6 is 0 Å². The number of aromatic amines is 1. The number of nitrogens with zero attached hydrogens (tertiary/aromatic N) is 3. The molecule has 1 aliphatic rings. The lowest BCUT2D eigenvalue weighted by molar-refractivity contribution is -0.0154. The molecule has 170 valence electrons. The van der Waals surface area contributed by atoms with Crippen molar-refractivity contribution in [2.45, 2.75) is 5.72 Å². The molecule has 5 rings (SSSR count). The van der Waals surface area contributed by atoms with E-state index >= 15 is 0 Å². The first-order valence-electron chi connectivity index (χ1n) is 10.6. The zero-order valence-corrected chi connectivity index (χ0v) is 18.0. The second-order valence-corrected chi connectivity index (χ2v) is 7.64. The van der Waals surface area contributed by atoms with E-state index in [-0.39, 0.29) is 24.0 Å². The topological polar surface area (TPSA) is 125 Å². The van der Waals surface area contributed by atoms with Crippen LogP contribution in [-0.4, -0.2) is 39.6 Å². The van der Waals surface area contributed by atoms with E-state index in [1.54, 1.807) is 42.5 Å². The van der Waals surface area contributed by atoms with Crippen molar-refractivity contribution < 1.29 is 19.0 Å². The van der Waals surface area contributed by atoms with Gasteiger partial charge in [-0.25, -0.2) is 5.10 Å². The average molecular weight is 455 g/mol. The number of ketones is 1. The highest BCUT2D eigenvalue weighted by Gasteiger charge is 2.41. The number of benzene rings is 3. The van der Waals surface area contributed by atoms with Gasteiger partial charge in [0, 0.05) is 5.56 Å². The third-order valence-electron chi connectivity index (χ3n) is 5.27. The van der Waals surface area contributed by atoms with Gasteiger partial charge >= 0.3 is 0 Å². The number of nitrogens with one attached hydrogen (secondary N) is 1. The Labute approximate surface area is 195 Å². The number of carbonyl (C=O) groups excluding carboxylic acids is 1. The van der Waals surface area contributed by atoms with Crippen molar-refractivity contribution in [3.05, 3.63) is 101 Å². The Morgan fingerprint density at radius 2 is 1.91 bits per heavy atom. The molecule has 1 aliphatic heterocycles. The van der Waals surface area contributed by atoms with Crippen molar-refractivity contribution >= 4 is 11.9 Å². The molecule has 1 atom stereocenters. The van der Waals surface area contributed by atoms with Crippen LogP contribution in [0.5, 0.6) is 17.2 Å². The second-order valence-electron chi connectivity index (χ2n) is 7.64. The van der Waals surface area contributed by atoms with Crippen LogP contribution in [0.3, 0.4) is 0 Å². The maximum absolute atomic E-state index is 13.3. The SMILES string of the molecule is NC1(c2nnn[nH]2)COc2cccc(C(=O)c3ccc(OCC=Cc4ccccc4)cc3)c2O1. The monoisotopic (exact) mass is 455 g/mol. The number of tetrazole rings is 1. The van der Waals surface area contributed by atoms with Gasteiger partial charge in [-0.2, -0.15) is 0 Å². The number of aromatic nitrogens is 4. The summed E-state index contributed by atoms with van der Waals surface area (Å²) in [5.41, 5.74) is 6.75. The summed E-state index contributed by atoms with van der Waals surface area (Å²) in [6.07, 6.45) is 3.93. The van der Waals surface area contributed by atoms with Crippen LogP contribution < -0.4 is 19.9 Å². The lowest BCUT2D eigenvalue weighted by atomic mass is 10.0. The minimum atomic E-state index is -1.45. The van der Waals surface area contributed by atoms with Crippen LogP contribution in [0, 0.1) is 0 Å². The zero-order valence-electron chi connectivity index (χ0n) is 18.0. The van der Waals surface area contributed by atoms with E-state index in [1.165, 1.54) is 0 Å². The molecule has 34 heavy (non-hydrogen) atoms. The Balaban J connectivity index is 1.29. The van der Waals surface area contributed by atoms with E-state index in [9.17, 15) is 4.79 Å². The van der Waals surface area contributed by atoms with Gasteiger partial charge in [-0.15, -0.1) is 5.10 Å². The number of carbonyl (C=O) groups is 1. The van der Waals surface area contributed by atoms with Crippen LogP contribution in [0.4, 0.5) is 0 Å². The first-order valence-corrected chi connectivity index (χ1v) is 10.6. The molecular formula is C25H21N5O4. The molecular weight excluding hydrogens is 434 g/mol. The Morgan fingerprint density at radius 3 is 2.68 bits per heavy atom. The summed E-state index contributed by atoms with van der Waals surface area (Å²) in [7, 11) is 0. The van der Waals surface area contributed by atoms with E-state index in [4.69, 9.17) is 19.9 Å². The summed E-state index contributed by atoms with van der Waals surface area (Å²) in [6, 6.07) is 22.0. The summed E-state index contributed by atoms with van der Waals surface area (Å²) in [6.45, 7) is 0.397. The molecule has 1 unspecified atom stereocenters. The highest BCUT2D eigenvalue weighted by atomic mass is 16.6. The molecule has 0 saturated heterocycles. The zero-order chi connectivity index (χ0) is 23.4. The van der Waals surface area contributed by atoms with Gasteiger partial charge in [0.15, 0.2) is 17.3 Å². The molecule has 0 fully saturated rings. The van der Waals surface area contributed by atoms with Gasteiger partial charge in [0.1, 0.15) is 19.0 Å². The summed E-state index contributed by atoms with van der Waals surface area (Å²) >= 11 is 0. The molecule has 2 heterocycles. The fourth-order valence-electron chi connectivity index (χ4n) is 3.52. The summed E-state index contributed by atoms with van der Waals surface area (Å²) in [5, 5.41) is 13.5. The highest BCUT2D eigenvalue weighted by molar-refractivity contribution is 6.11. The lowest BCUT2D eigenvalue weighted by Crippen LogP contribution is -2.51. The van der Waals surface area contributed by atoms with Crippen molar-refractivity contribution in [3.8, 4) is 17.2 Å². The number of hydrogen-bond acceptors (Lipinski definition) is 8. The van der Waals surface area contributed by atoms with Gasteiger partial charge in [0.2, 0.25) is 5.82 Å². The highest BCUT2D eigenvalue weighted by Crippen LogP contribution is 2.40. The molecule has 3 aromatic carbocycles. The number of H-pyrrole nitrogens is 1. The molecule has 0 saturated carbocycles. The van der Waals surface area contributed by atoms with Crippen LogP contribution in [-0.2, 0) is 5.72 Å². The fourth-order valence-corrected chi connectivity index (χ4v) is 3.52. The van der Waals surface area contributed by atoms with Gasteiger partial charge in [0.25, 0.3) is 5.72 Å². The van der Waals surface area contributed by atoms with E-state index < -0.39 is 5.72 Å². The largest absolute Gasteiger partial charge is 0.490 e. The molecule has 0 aliphatic carbocycles. The number of hydrogen-bond donors (Lipinski definition) is 2. The van der Waals surface area contributed by atoms with Crippen molar-refractivity contribution in [1.82, 2.24) is 20.6 Å². The van der Waals surface area contributed by atoms with Crippen molar-refractivity contribution in [2.75, 3.05) is 13.2 Å². The minimum absolute atomic E-state index is 0.0146. The number of ether oxygens (including phenoxy) is 3. The number of fused-ring (bicyclic) bond motifs is 1. The lowest BCUT2D eigenvalue weighted by Gasteiger charge is -2.33. The summed E-state index contributed by atoms with van der Waals surface area (Å²) in [5.74, 6) is 1.27. The first-order chi connectivity index (χ1) is 16.6. The maximum atomic E-state index is 13.3. The van der Waals surface area contributed by atoms with Crippen molar-refractivity contribution in [2.24, 2.45) is 5.73 Å². The smallest absolute Gasteiger partial charge is 0.254 e. The number of para-hydroxylation sites is 1. The first kappa shape index (κ1) is 21.4. The Hall–Kier alpha value is -4.50. The van der Waals surface area contributed by atoms with E-state index in [2.05, 4.69) is 20.6 Å². The van der Waals surface area contributed by atoms with Crippen LogP contribution in [0.1, 0.15) is 27.3 Å². The quantitative estimate of drug-likeness (QED) is 0.407. The third-order valence-corrected chi connectivity index (χ3v) is 5.27. The average Bonchev–Trinajstić information content (AvgIpc) is 3.43. The summed E-state index contributed by atoms with van der Waals surface area (Å²) in [4.78, 5) is 13.3. The summed E-state index contributed by atoms with van der Waals surface area (Å²) < 4.78 is 17.5. The Bertz CT molecular complexity index is 1310. The van der Waals surface area contributed by atoms with E-state index in [0.717, 1.165) is 5.56 Å². The van der Waals surface area contributed by atoms with Crippen LogP contribution in [0.15, 0.2) is 78.9 Å². The fraction of sp³-hybridized carbons (Fsp3) is 0.120. The molecule has 9 nitrogen and oxygen atoms in total. The molecule has 0 radical (unpaired) electrons. The number of nitrogens with two attached hydrogens (primary N) is 1. The third kappa shape index (κ3) is 4.37. The predicted molar refractivity (Wildman–Crippen MR) is 123 cm³/mol. The van der Waals surface area contributed by atoms with E-state index in [1.807, 2.05) is 42.5 Å². The van der Waals surface area contributed by atoms with Crippen molar-refractivity contribution in [1.29, 1.82) is 0 Å². The van der Waals surface area contributed by atoms with Crippen LogP contribution in [0.25, 0.3) is 6.08 Å². The van der Waals surface area contributed by atoms with Gasteiger partial charge in [-0.05, 0) is 58.5 Å². The molecule has 0 amide bonds. The standard InChI is InChI=1S/C25H21N5O4/c26-25(24-27-29-30-28-24)16-33-21-10-4-9-20(23(21)34-25)22(31)18-11-13-19(14-12-18)32-15-5-8-17-6-2-1-3-7-17/h1-14H,15-16,26H2,(H,27,28,29,30). The van der Waals surface area contributed by atoms with Gasteiger partial charge in [-0.1, -0.05) is 42.5 Å². The Morgan fingerprint density at radius 1 is 1.09 bits per heavy atom. The normalized spacial score (nSPS) is 17.0.